The predicted molar refractivity (Wildman–Crippen MR) is 69.0 cm³/mol. The van der Waals surface area contributed by atoms with E-state index in [4.69, 9.17) is 0 Å². The second-order valence-corrected chi connectivity index (χ2v) is 5.88. The lowest BCUT2D eigenvalue weighted by Crippen LogP contribution is -2.62. The molecule has 5 heteroatoms. The summed E-state index contributed by atoms with van der Waals surface area (Å²) < 4.78 is 0. The minimum atomic E-state index is -0.368. The molecule has 3 rings (SSSR count). The molecule has 1 N–H and O–H groups in total. The molecule has 1 aromatic rings. The van der Waals surface area contributed by atoms with Crippen molar-refractivity contribution < 1.29 is 9.59 Å². The van der Waals surface area contributed by atoms with Crippen LogP contribution in [0.25, 0.3) is 0 Å². The normalized spacial score (nSPS) is 28.4. The Labute approximate surface area is 110 Å². The molecule has 1 aliphatic heterocycles. The standard InChI is InChI=1S/C13H16N2O2S/c1-8-12(16)14-11(10-2-3-10)13(17)15(8)6-9-4-5-18-7-9/h4-5,7-8,10-11H,2-3,6H2,1H3,(H,14,16). The summed E-state index contributed by atoms with van der Waals surface area (Å²) in [6.07, 6.45) is 2.11. The molecule has 2 fully saturated rings. The molecule has 2 aliphatic rings. The molecule has 4 nitrogen and oxygen atoms in total. The summed E-state index contributed by atoms with van der Waals surface area (Å²) in [7, 11) is 0. The maximum Gasteiger partial charge on any atom is 0.246 e. The lowest BCUT2D eigenvalue weighted by atomic mass is 10.0. The highest BCUT2D eigenvalue weighted by Crippen LogP contribution is 2.35. The first-order valence-corrected chi connectivity index (χ1v) is 7.23. The molecule has 1 aromatic heterocycles. The molecule has 0 bridgehead atoms. The Hall–Kier alpha value is -1.36. The fourth-order valence-electron chi connectivity index (χ4n) is 2.39. The van der Waals surface area contributed by atoms with Crippen LogP contribution in [0.1, 0.15) is 25.3 Å². The van der Waals surface area contributed by atoms with Gasteiger partial charge in [0.1, 0.15) is 12.1 Å². The van der Waals surface area contributed by atoms with Crippen LogP contribution in [0.2, 0.25) is 0 Å². The monoisotopic (exact) mass is 264 g/mol. The fraction of sp³-hybridized carbons (Fsp3) is 0.538. The van der Waals surface area contributed by atoms with Gasteiger partial charge in [-0.25, -0.2) is 0 Å². The van der Waals surface area contributed by atoms with Crippen LogP contribution < -0.4 is 5.32 Å². The zero-order valence-corrected chi connectivity index (χ0v) is 11.1. The number of amides is 2. The number of carbonyl (C=O) groups excluding carboxylic acids is 2. The molecule has 0 radical (unpaired) electrons. The van der Waals surface area contributed by atoms with Gasteiger partial charge in [-0.2, -0.15) is 11.3 Å². The van der Waals surface area contributed by atoms with E-state index in [0.717, 1.165) is 18.4 Å². The highest BCUT2D eigenvalue weighted by Gasteiger charge is 2.45. The lowest BCUT2D eigenvalue weighted by molar-refractivity contribution is -0.149. The predicted octanol–water partition coefficient (Wildman–Crippen LogP) is 1.37. The number of carbonyl (C=O) groups is 2. The molecular weight excluding hydrogens is 248 g/mol. The van der Waals surface area contributed by atoms with Crippen LogP contribution in [0.15, 0.2) is 16.8 Å². The largest absolute Gasteiger partial charge is 0.342 e. The van der Waals surface area contributed by atoms with E-state index < -0.39 is 0 Å². The van der Waals surface area contributed by atoms with Gasteiger partial charge in [-0.3, -0.25) is 9.59 Å². The smallest absolute Gasteiger partial charge is 0.246 e. The molecule has 0 spiro atoms. The lowest BCUT2D eigenvalue weighted by Gasteiger charge is -2.37. The number of nitrogens with zero attached hydrogens (tertiary/aromatic N) is 1. The van der Waals surface area contributed by atoms with E-state index in [-0.39, 0.29) is 23.9 Å². The SMILES string of the molecule is CC1C(=O)NC(C2CC2)C(=O)N1Cc1ccsc1. The van der Waals surface area contributed by atoms with Crippen molar-refractivity contribution in [2.24, 2.45) is 5.92 Å². The van der Waals surface area contributed by atoms with E-state index in [0.29, 0.717) is 12.5 Å². The molecular formula is C13H16N2O2S. The topological polar surface area (TPSA) is 49.4 Å². The van der Waals surface area contributed by atoms with Gasteiger partial charge in [-0.1, -0.05) is 0 Å². The van der Waals surface area contributed by atoms with Gasteiger partial charge in [0.05, 0.1) is 0 Å². The molecule has 1 aliphatic carbocycles. The summed E-state index contributed by atoms with van der Waals surface area (Å²) in [4.78, 5) is 26.0. The van der Waals surface area contributed by atoms with E-state index in [1.807, 2.05) is 16.8 Å². The number of rotatable bonds is 3. The molecule has 1 saturated carbocycles. The Morgan fingerprint density at radius 1 is 1.44 bits per heavy atom. The van der Waals surface area contributed by atoms with Crippen LogP contribution in [0, 0.1) is 5.92 Å². The maximum absolute atomic E-state index is 12.4. The van der Waals surface area contributed by atoms with Gasteiger partial charge in [-0.05, 0) is 48.1 Å². The minimum absolute atomic E-state index is 0.0262. The summed E-state index contributed by atoms with van der Waals surface area (Å²) in [5.41, 5.74) is 1.10. The molecule has 18 heavy (non-hydrogen) atoms. The van der Waals surface area contributed by atoms with Gasteiger partial charge < -0.3 is 10.2 Å². The fourth-order valence-corrected chi connectivity index (χ4v) is 3.05. The first-order valence-electron chi connectivity index (χ1n) is 6.29. The third-order valence-corrected chi connectivity index (χ3v) is 4.45. The van der Waals surface area contributed by atoms with Gasteiger partial charge in [0.15, 0.2) is 0 Å². The van der Waals surface area contributed by atoms with Crippen molar-refractivity contribution in [3.05, 3.63) is 22.4 Å². The second kappa shape index (κ2) is 4.39. The Balaban J connectivity index is 1.80. The van der Waals surface area contributed by atoms with Gasteiger partial charge in [0.25, 0.3) is 0 Å². The molecule has 2 atom stereocenters. The van der Waals surface area contributed by atoms with E-state index in [1.54, 1.807) is 23.2 Å². The molecule has 0 aromatic carbocycles. The van der Waals surface area contributed by atoms with Gasteiger partial charge in [-0.15, -0.1) is 0 Å². The molecule has 1 saturated heterocycles. The Morgan fingerprint density at radius 2 is 2.22 bits per heavy atom. The van der Waals surface area contributed by atoms with Crippen molar-refractivity contribution in [3.63, 3.8) is 0 Å². The van der Waals surface area contributed by atoms with Crippen molar-refractivity contribution in [1.82, 2.24) is 10.2 Å². The maximum atomic E-state index is 12.4. The van der Waals surface area contributed by atoms with E-state index in [9.17, 15) is 9.59 Å². The van der Waals surface area contributed by atoms with Crippen molar-refractivity contribution >= 4 is 23.2 Å². The van der Waals surface area contributed by atoms with Crippen molar-refractivity contribution in [1.29, 1.82) is 0 Å². The van der Waals surface area contributed by atoms with Gasteiger partial charge in [0.2, 0.25) is 11.8 Å². The summed E-state index contributed by atoms with van der Waals surface area (Å²) >= 11 is 1.61. The number of nitrogens with one attached hydrogen (secondary N) is 1. The average molecular weight is 264 g/mol. The van der Waals surface area contributed by atoms with E-state index >= 15 is 0 Å². The number of piperazine rings is 1. The zero-order chi connectivity index (χ0) is 12.7. The number of thiophene rings is 1. The van der Waals surface area contributed by atoms with Crippen LogP contribution in [-0.2, 0) is 16.1 Å². The Kier molecular flexibility index (Phi) is 2.86. The van der Waals surface area contributed by atoms with Crippen LogP contribution in [0.5, 0.6) is 0 Å². The number of hydrogen-bond donors (Lipinski definition) is 1. The van der Waals surface area contributed by atoms with Crippen LogP contribution >= 0.6 is 11.3 Å². The van der Waals surface area contributed by atoms with Crippen molar-refractivity contribution in [2.75, 3.05) is 0 Å². The Bertz CT molecular complexity index is 467. The van der Waals surface area contributed by atoms with Crippen molar-refractivity contribution in [3.8, 4) is 0 Å². The molecule has 2 amide bonds. The van der Waals surface area contributed by atoms with Gasteiger partial charge in [0, 0.05) is 6.54 Å². The van der Waals surface area contributed by atoms with E-state index in [1.165, 1.54) is 0 Å². The first-order chi connectivity index (χ1) is 8.66. The summed E-state index contributed by atoms with van der Waals surface area (Å²) in [5.74, 6) is 0.413. The van der Waals surface area contributed by atoms with Crippen LogP contribution in [0.3, 0.4) is 0 Å². The molecule has 2 unspecified atom stereocenters. The summed E-state index contributed by atoms with van der Waals surface area (Å²) in [6.45, 7) is 2.34. The third kappa shape index (κ3) is 2.03. The average Bonchev–Trinajstić information content (AvgIpc) is 3.07. The van der Waals surface area contributed by atoms with Crippen molar-refractivity contribution in [2.45, 2.75) is 38.4 Å². The highest BCUT2D eigenvalue weighted by molar-refractivity contribution is 7.07. The first kappa shape index (κ1) is 11.7. The quantitative estimate of drug-likeness (QED) is 0.896. The Morgan fingerprint density at radius 3 is 2.83 bits per heavy atom. The van der Waals surface area contributed by atoms with Gasteiger partial charge >= 0.3 is 0 Å². The van der Waals surface area contributed by atoms with Crippen LogP contribution in [-0.4, -0.2) is 28.8 Å². The summed E-state index contributed by atoms with van der Waals surface area (Å²) in [6, 6.07) is 1.35. The highest BCUT2D eigenvalue weighted by atomic mass is 32.1. The van der Waals surface area contributed by atoms with Crippen LogP contribution in [0.4, 0.5) is 0 Å². The summed E-state index contributed by atoms with van der Waals surface area (Å²) in [5, 5.41) is 6.88. The minimum Gasteiger partial charge on any atom is -0.342 e. The third-order valence-electron chi connectivity index (χ3n) is 3.72. The molecule has 96 valence electrons. The molecule has 2 heterocycles. The second-order valence-electron chi connectivity index (χ2n) is 5.10. The zero-order valence-electron chi connectivity index (χ0n) is 10.3. The van der Waals surface area contributed by atoms with E-state index in [2.05, 4.69) is 5.32 Å². The number of hydrogen-bond acceptors (Lipinski definition) is 3.